The van der Waals surface area contributed by atoms with Crippen LogP contribution < -0.4 is 15.0 Å². The van der Waals surface area contributed by atoms with Gasteiger partial charge < -0.3 is 24.6 Å². The Bertz CT molecular complexity index is 1320. The number of thioether (sulfide) groups is 1. The number of esters is 1. The van der Waals surface area contributed by atoms with Crippen molar-refractivity contribution in [2.75, 3.05) is 44.7 Å². The molecule has 5 rings (SSSR count). The highest BCUT2D eigenvalue weighted by Gasteiger charge is 2.41. The van der Waals surface area contributed by atoms with Crippen molar-refractivity contribution in [2.45, 2.75) is 35.6 Å². The lowest BCUT2D eigenvalue weighted by Crippen LogP contribution is -2.47. The van der Waals surface area contributed by atoms with Gasteiger partial charge in [-0.25, -0.2) is 0 Å². The van der Waals surface area contributed by atoms with Crippen LogP contribution in [-0.2, 0) is 14.3 Å². The maximum absolute atomic E-state index is 14.1. The molecule has 1 amide bonds. The van der Waals surface area contributed by atoms with Crippen LogP contribution in [-0.4, -0.2) is 62.7 Å². The average Bonchev–Trinajstić information content (AvgIpc) is 3.08. The van der Waals surface area contributed by atoms with E-state index in [1.807, 2.05) is 42.5 Å². The molecule has 2 heterocycles. The molecule has 1 saturated heterocycles. The molecule has 3 aromatic rings. The maximum Gasteiger partial charge on any atom is 0.303 e. The van der Waals surface area contributed by atoms with Crippen LogP contribution >= 0.6 is 23.4 Å². The second-order valence-electron chi connectivity index (χ2n) is 10.0. The number of ether oxygens (including phenoxy) is 2. The number of benzene rings is 3. The summed E-state index contributed by atoms with van der Waals surface area (Å²) in [5.74, 6) is -0.00791. The summed E-state index contributed by atoms with van der Waals surface area (Å²) in [5, 5.41) is 3.76. The summed E-state index contributed by atoms with van der Waals surface area (Å²) in [6.45, 7) is 5.48. The molecule has 40 heavy (non-hydrogen) atoms. The van der Waals surface area contributed by atoms with E-state index in [0.29, 0.717) is 17.3 Å². The van der Waals surface area contributed by atoms with Crippen LogP contribution in [0.3, 0.4) is 0 Å². The first-order valence-corrected chi connectivity index (χ1v) is 14.8. The van der Waals surface area contributed by atoms with E-state index in [0.717, 1.165) is 48.7 Å². The van der Waals surface area contributed by atoms with E-state index in [4.69, 9.17) is 21.1 Å². The molecule has 0 spiro atoms. The van der Waals surface area contributed by atoms with Crippen molar-refractivity contribution in [3.05, 3.63) is 88.9 Å². The van der Waals surface area contributed by atoms with Crippen molar-refractivity contribution < 1.29 is 19.1 Å². The Kier molecular flexibility index (Phi) is 9.32. The third-order valence-corrected chi connectivity index (χ3v) is 8.90. The van der Waals surface area contributed by atoms with Gasteiger partial charge in [0.2, 0.25) is 0 Å². The van der Waals surface area contributed by atoms with Gasteiger partial charge in [0.25, 0.3) is 5.91 Å². The van der Waals surface area contributed by atoms with Crippen LogP contribution in [0.1, 0.15) is 35.8 Å². The van der Waals surface area contributed by atoms with E-state index >= 15 is 0 Å². The molecule has 3 aromatic carbocycles. The van der Waals surface area contributed by atoms with Crippen LogP contribution in [0, 0.1) is 0 Å². The topological polar surface area (TPSA) is 71.1 Å². The van der Waals surface area contributed by atoms with Crippen molar-refractivity contribution in [3.8, 4) is 5.75 Å². The molecule has 2 aliphatic rings. The van der Waals surface area contributed by atoms with Gasteiger partial charge in [-0.3, -0.25) is 9.59 Å². The molecule has 2 aliphatic heterocycles. The zero-order valence-electron chi connectivity index (χ0n) is 22.7. The Labute approximate surface area is 244 Å². The highest BCUT2D eigenvalue weighted by molar-refractivity contribution is 7.99. The number of piperazine rings is 1. The zero-order valence-corrected chi connectivity index (χ0v) is 24.3. The first kappa shape index (κ1) is 28.5. The highest BCUT2D eigenvalue weighted by atomic mass is 35.5. The summed E-state index contributed by atoms with van der Waals surface area (Å²) < 4.78 is 11.0. The molecule has 1 N–H and O–H groups in total. The Morgan fingerprint density at radius 2 is 1.82 bits per heavy atom. The fourth-order valence-electron chi connectivity index (χ4n) is 5.34. The van der Waals surface area contributed by atoms with Crippen LogP contribution in [0.4, 0.5) is 5.69 Å². The van der Waals surface area contributed by atoms with E-state index in [1.54, 1.807) is 18.1 Å². The Morgan fingerprint density at radius 1 is 1.05 bits per heavy atom. The molecule has 7 nitrogen and oxygen atoms in total. The Morgan fingerprint density at radius 3 is 2.55 bits per heavy atom. The van der Waals surface area contributed by atoms with Crippen molar-refractivity contribution in [2.24, 2.45) is 0 Å². The Balaban J connectivity index is 1.36. The predicted molar refractivity (Wildman–Crippen MR) is 159 cm³/mol. The molecule has 210 valence electrons. The van der Waals surface area contributed by atoms with Gasteiger partial charge in [0, 0.05) is 49.1 Å². The third-order valence-electron chi connectivity index (χ3n) is 7.31. The smallest absolute Gasteiger partial charge is 0.303 e. The number of rotatable bonds is 8. The summed E-state index contributed by atoms with van der Waals surface area (Å²) in [4.78, 5) is 31.4. The number of fused-ring (bicyclic) bond motifs is 1. The largest absolute Gasteiger partial charge is 0.497 e. The number of hydrogen-bond acceptors (Lipinski definition) is 7. The van der Waals surface area contributed by atoms with Crippen LogP contribution in [0.5, 0.6) is 5.75 Å². The van der Waals surface area contributed by atoms with Gasteiger partial charge in [0.1, 0.15) is 5.75 Å². The molecule has 9 heteroatoms. The first-order valence-electron chi connectivity index (χ1n) is 13.5. The Hall–Kier alpha value is -3.04. The summed E-state index contributed by atoms with van der Waals surface area (Å²) in [6, 6.07) is 23.9. The van der Waals surface area contributed by atoms with Gasteiger partial charge in [-0.05, 0) is 54.4 Å². The average molecular weight is 580 g/mol. The molecule has 0 radical (unpaired) electrons. The van der Waals surface area contributed by atoms with Gasteiger partial charge in [0.05, 0.1) is 18.0 Å². The predicted octanol–water partition coefficient (Wildman–Crippen LogP) is 5.50. The van der Waals surface area contributed by atoms with Gasteiger partial charge in [-0.2, -0.15) is 0 Å². The molecule has 0 aromatic heterocycles. The summed E-state index contributed by atoms with van der Waals surface area (Å²) in [6.07, 6.45) is -0.205. The molecule has 0 saturated carbocycles. The van der Waals surface area contributed by atoms with Gasteiger partial charge in [-0.15, -0.1) is 11.8 Å². The van der Waals surface area contributed by atoms with Crippen LogP contribution in [0.25, 0.3) is 0 Å². The summed E-state index contributed by atoms with van der Waals surface area (Å²) >= 11 is 7.90. The minimum absolute atomic E-state index is 0.230. The van der Waals surface area contributed by atoms with Crippen molar-refractivity contribution in [1.82, 2.24) is 10.2 Å². The second-order valence-corrected chi connectivity index (χ2v) is 11.6. The lowest BCUT2D eigenvalue weighted by molar-refractivity contribution is -0.152. The lowest BCUT2D eigenvalue weighted by atomic mass is 10.0. The normalized spacial score (nSPS) is 21.4. The van der Waals surface area contributed by atoms with E-state index in [2.05, 4.69) is 34.5 Å². The number of anilines is 1. The number of carbonyl (C=O) groups is 2. The number of amides is 1. The van der Waals surface area contributed by atoms with Crippen molar-refractivity contribution >= 4 is 40.9 Å². The van der Waals surface area contributed by atoms with Crippen LogP contribution in [0.15, 0.2) is 77.7 Å². The molecule has 0 bridgehead atoms. The molecule has 1 unspecified atom stereocenters. The lowest BCUT2D eigenvalue weighted by Gasteiger charge is -2.34. The number of hydrogen-bond donors (Lipinski definition) is 1. The van der Waals surface area contributed by atoms with E-state index < -0.39 is 17.3 Å². The SMILES string of the molecule is COc1ccc([C@H]2Sc3cc(Cl)ccc3N(CCCN3CCNC(c4ccccc4)C3)C(=O)[C@H]2OC(C)=O)cc1. The molecular formula is C31H34ClN3O4S. The fraction of sp³-hybridized carbons (Fsp3) is 0.355. The van der Waals surface area contributed by atoms with Gasteiger partial charge in [-0.1, -0.05) is 54.1 Å². The zero-order chi connectivity index (χ0) is 28.1. The van der Waals surface area contributed by atoms with E-state index in [9.17, 15) is 9.59 Å². The van der Waals surface area contributed by atoms with Crippen molar-refractivity contribution in [1.29, 1.82) is 0 Å². The number of halogens is 1. The van der Waals surface area contributed by atoms with Gasteiger partial charge in [0.15, 0.2) is 6.10 Å². The number of methoxy groups -OCH3 is 1. The minimum Gasteiger partial charge on any atom is -0.497 e. The minimum atomic E-state index is -0.983. The van der Waals surface area contributed by atoms with E-state index in [1.165, 1.54) is 24.2 Å². The molecule has 0 aliphatic carbocycles. The standard InChI is InChI=1S/C31H34ClN3O4S/c1-21(36)39-29-30(23-9-12-25(38-2)13-10-23)40-28-19-24(32)11-14-27(28)35(31(29)37)17-6-16-34-18-15-33-26(20-34)22-7-4-3-5-8-22/h3-5,7-14,19,26,29-30,33H,6,15-18,20H2,1-2H3/t26?,29-,30+/m0/s1. The van der Waals surface area contributed by atoms with Crippen molar-refractivity contribution in [3.63, 3.8) is 0 Å². The van der Waals surface area contributed by atoms with E-state index in [-0.39, 0.29) is 11.9 Å². The number of carbonyl (C=O) groups excluding carboxylic acids is 2. The molecular weight excluding hydrogens is 546 g/mol. The van der Waals surface area contributed by atoms with Gasteiger partial charge >= 0.3 is 5.97 Å². The number of nitrogens with one attached hydrogen (secondary N) is 1. The molecule has 1 fully saturated rings. The third kappa shape index (κ3) is 6.63. The summed E-state index contributed by atoms with van der Waals surface area (Å²) in [7, 11) is 1.61. The quantitative estimate of drug-likeness (QED) is 0.354. The second kappa shape index (κ2) is 13.1. The fourth-order valence-corrected chi connectivity index (χ4v) is 6.93. The van der Waals surface area contributed by atoms with Crippen LogP contribution in [0.2, 0.25) is 5.02 Å². The summed E-state index contributed by atoms with van der Waals surface area (Å²) in [5.41, 5.74) is 2.94. The highest BCUT2D eigenvalue weighted by Crippen LogP contribution is 2.47. The number of nitrogens with zero attached hydrogens (tertiary/aromatic N) is 2. The maximum atomic E-state index is 14.1. The molecule has 3 atom stereocenters. The monoisotopic (exact) mass is 579 g/mol. The first-order chi connectivity index (χ1) is 19.4.